The van der Waals surface area contributed by atoms with Gasteiger partial charge in [0, 0.05) is 40.0 Å². The molecule has 212 valence electrons. The maximum Gasteiger partial charge on any atom is 0.330 e. The number of aromatic amines is 2. The number of carbonyl (C=O) groups excluding carboxylic acids is 1. The first-order valence-corrected chi connectivity index (χ1v) is 14.4. The third kappa shape index (κ3) is 6.28. The first-order chi connectivity index (χ1) is 19.2. The Balaban J connectivity index is 1.31. The fourth-order valence-electron chi connectivity index (χ4n) is 4.76. The molecule has 11 nitrogen and oxygen atoms in total. The van der Waals surface area contributed by atoms with Gasteiger partial charge >= 0.3 is 20.2 Å². The Labute approximate surface area is 231 Å². The lowest BCUT2D eigenvalue weighted by molar-refractivity contribution is -0.149. The van der Waals surface area contributed by atoms with Crippen LogP contribution in [0.4, 0.5) is 0 Å². The summed E-state index contributed by atoms with van der Waals surface area (Å²) in [6, 6.07) is 14.4. The van der Waals surface area contributed by atoms with E-state index in [-0.39, 0.29) is 24.7 Å². The normalized spacial score (nSPS) is 20.7. The van der Waals surface area contributed by atoms with Crippen molar-refractivity contribution in [3.05, 3.63) is 75.6 Å². The number of aromatic nitrogens is 3. The van der Waals surface area contributed by atoms with E-state index in [9.17, 15) is 14.4 Å². The second-order valence-electron chi connectivity index (χ2n) is 10.2. The van der Waals surface area contributed by atoms with Gasteiger partial charge in [-0.2, -0.15) is 0 Å². The molecule has 3 N–H and O–H groups in total. The molecule has 4 unspecified atom stereocenters. The minimum Gasteiger partial charge on any atom is -0.462 e. The second kappa shape index (κ2) is 11.9. The smallest absolute Gasteiger partial charge is 0.330 e. The van der Waals surface area contributed by atoms with Crippen LogP contribution in [-0.2, 0) is 18.8 Å². The number of nitrogens with zero attached hydrogens (tertiary/aromatic N) is 1. The van der Waals surface area contributed by atoms with Crippen LogP contribution < -0.4 is 20.9 Å². The van der Waals surface area contributed by atoms with Crippen molar-refractivity contribution in [3.63, 3.8) is 0 Å². The maximum atomic E-state index is 12.5. The number of fused-ring (bicyclic) bond motifs is 3. The summed E-state index contributed by atoms with van der Waals surface area (Å²) in [5.41, 5.74) is 1.03. The first kappa shape index (κ1) is 28.0. The summed E-state index contributed by atoms with van der Waals surface area (Å²) in [7, 11) is -1.78. The van der Waals surface area contributed by atoms with Crippen molar-refractivity contribution in [1.29, 1.82) is 0 Å². The van der Waals surface area contributed by atoms with Crippen molar-refractivity contribution in [2.24, 2.45) is 5.92 Å². The zero-order chi connectivity index (χ0) is 28.4. The lowest BCUT2D eigenvalue weighted by Crippen LogP contribution is -2.35. The van der Waals surface area contributed by atoms with Crippen LogP contribution in [0.2, 0.25) is 0 Å². The molecule has 0 spiro atoms. The number of rotatable bonds is 10. The van der Waals surface area contributed by atoms with Gasteiger partial charge in [-0.15, -0.1) is 0 Å². The van der Waals surface area contributed by atoms with Gasteiger partial charge in [0.15, 0.2) is 0 Å². The number of hydrogen-bond acceptors (Lipinski definition) is 8. The van der Waals surface area contributed by atoms with Crippen LogP contribution in [0.1, 0.15) is 40.3 Å². The van der Waals surface area contributed by atoms with Crippen molar-refractivity contribution < 1.29 is 23.3 Å². The molecule has 0 bridgehead atoms. The predicted molar refractivity (Wildman–Crippen MR) is 152 cm³/mol. The molecule has 1 fully saturated rings. The van der Waals surface area contributed by atoms with Gasteiger partial charge in [-0.05, 0) is 51.5 Å². The fourth-order valence-corrected chi connectivity index (χ4v) is 5.97. The van der Waals surface area contributed by atoms with Crippen molar-refractivity contribution in [2.75, 3.05) is 6.61 Å². The van der Waals surface area contributed by atoms with Crippen molar-refractivity contribution in [1.82, 2.24) is 19.6 Å². The van der Waals surface area contributed by atoms with E-state index >= 15 is 0 Å². The highest BCUT2D eigenvalue weighted by atomic mass is 31.2. The molecule has 40 heavy (non-hydrogen) atoms. The van der Waals surface area contributed by atoms with Crippen molar-refractivity contribution >= 4 is 36.3 Å². The molecule has 5 rings (SSSR count). The monoisotopic (exact) mass is 568 g/mol. The summed E-state index contributed by atoms with van der Waals surface area (Å²) in [4.78, 5) is 41.9. The van der Waals surface area contributed by atoms with E-state index in [1.165, 1.54) is 16.8 Å². The van der Waals surface area contributed by atoms with Crippen LogP contribution in [0.15, 0.2) is 64.3 Å². The fraction of sp³-hybridized carbons (Fsp3) is 0.393. The number of carbonyl (C=O) groups is 1. The highest BCUT2D eigenvalue weighted by Gasteiger charge is 2.35. The Hall–Kier alpha value is -3.50. The number of esters is 1. The van der Waals surface area contributed by atoms with E-state index in [1.807, 2.05) is 49.4 Å². The summed E-state index contributed by atoms with van der Waals surface area (Å²) < 4.78 is 25.3. The van der Waals surface area contributed by atoms with Gasteiger partial charge < -0.3 is 23.5 Å². The van der Waals surface area contributed by atoms with E-state index in [0.717, 1.165) is 21.8 Å². The lowest BCUT2D eigenvalue weighted by atomic mass is 10.1. The highest BCUT2D eigenvalue weighted by molar-refractivity contribution is 7.45. The molecular weight excluding hydrogens is 535 g/mol. The second-order valence-corrected chi connectivity index (χ2v) is 11.5. The van der Waals surface area contributed by atoms with Crippen LogP contribution in [0, 0.1) is 5.92 Å². The first-order valence-electron chi connectivity index (χ1n) is 13.2. The van der Waals surface area contributed by atoms with Gasteiger partial charge in [0.1, 0.15) is 18.0 Å². The number of nitrogens with one attached hydrogen (secondary N) is 3. The SMILES string of the molecule is CC(C)OC(=O)[C@H](C)NP(OCC1CC(C)C(n2ccc(=O)[nH]c2=O)O1)Oc1ccc2[nH]c3ccccc3c2c1. The molecule has 1 aliphatic rings. The molecule has 4 aromatic rings. The van der Waals surface area contributed by atoms with Gasteiger partial charge in [0.2, 0.25) is 0 Å². The molecule has 5 atom stereocenters. The molecule has 12 heteroatoms. The molecule has 1 saturated heterocycles. The standard InChI is InChI=1S/C28H33N4O7P/c1-16(2)37-27(34)18(4)31-40(39-19-9-10-24-22(14-19)21-7-5-6-8-23(21)29-24)36-15-20-13-17(3)26(38-20)32-12-11-25(33)30-28(32)35/h5-12,14,16-18,20,26,29,31H,13,15H2,1-4H3,(H,30,33,35)/t17?,18-,20?,26?,40?/m0/s1. The Morgan fingerprint density at radius 3 is 2.65 bits per heavy atom. The summed E-state index contributed by atoms with van der Waals surface area (Å²) in [6.07, 6.45) is 0.943. The summed E-state index contributed by atoms with van der Waals surface area (Å²) in [5.74, 6) is 0.172. The third-order valence-corrected chi connectivity index (χ3v) is 7.99. The summed E-state index contributed by atoms with van der Waals surface area (Å²) >= 11 is 0. The minimum absolute atomic E-state index is 0.00142. The molecular formula is C28H33N4O7P. The molecule has 2 aromatic heterocycles. The Bertz CT molecular complexity index is 1610. The van der Waals surface area contributed by atoms with E-state index < -0.39 is 38.0 Å². The average molecular weight is 569 g/mol. The Morgan fingerprint density at radius 1 is 1.10 bits per heavy atom. The van der Waals surface area contributed by atoms with Crippen LogP contribution in [-0.4, -0.2) is 45.4 Å². The van der Waals surface area contributed by atoms with Crippen molar-refractivity contribution in [2.45, 2.75) is 58.6 Å². The molecule has 0 aliphatic carbocycles. The van der Waals surface area contributed by atoms with E-state index in [1.54, 1.807) is 20.8 Å². The zero-order valence-corrected chi connectivity index (χ0v) is 23.6. The average Bonchev–Trinajstić information content (AvgIpc) is 3.46. The predicted octanol–water partition coefficient (Wildman–Crippen LogP) is 4.35. The highest BCUT2D eigenvalue weighted by Crippen LogP contribution is 2.40. The molecule has 3 heterocycles. The topological polar surface area (TPSA) is 137 Å². The number of H-pyrrole nitrogens is 2. The number of ether oxygens (including phenoxy) is 2. The molecule has 0 amide bonds. The zero-order valence-electron chi connectivity index (χ0n) is 22.7. The van der Waals surface area contributed by atoms with Gasteiger partial charge in [0.25, 0.3) is 5.56 Å². The lowest BCUT2D eigenvalue weighted by Gasteiger charge is -2.24. The van der Waals surface area contributed by atoms with Gasteiger partial charge in [-0.25, -0.2) is 9.88 Å². The molecule has 0 radical (unpaired) electrons. The molecule has 2 aromatic carbocycles. The third-order valence-electron chi connectivity index (χ3n) is 6.63. The summed E-state index contributed by atoms with van der Waals surface area (Å²) in [5, 5.41) is 5.22. The quantitative estimate of drug-likeness (QED) is 0.190. The van der Waals surface area contributed by atoms with Crippen molar-refractivity contribution in [3.8, 4) is 5.75 Å². The Morgan fingerprint density at radius 2 is 1.88 bits per heavy atom. The van der Waals surface area contributed by atoms with E-state index in [2.05, 4.69) is 15.1 Å². The van der Waals surface area contributed by atoms with Crippen LogP contribution >= 0.6 is 8.53 Å². The molecule has 1 aliphatic heterocycles. The largest absolute Gasteiger partial charge is 0.462 e. The minimum atomic E-state index is -1.78. The molecule has 0 saturated carbocycles. The number of para-hydroxylation sites is 1. The van der Waals surface area contributed by atoms with Gasteiger partial charge in [-0.3, -0.25) is 19.1 Å². The van der Waals surface area contributed by atoms with Crippen LogP contribution in [0.25, 0.3) is 21.8 Å². The van der Waals surface area contributed by atoms with Crippen LogP contribution in [0.3, 0.4) is 0 Å². The summed E-state index contributed by atoms with van der Waals surface area (Å²) in [6.45, 7) is 7.42. The van der Waals surface area contributed by atoms with Crippen LogP contribution in [0.5, 0.6) is 5.75 Å². The van der Waals surface area contributed by atoms with Gasteiger partial charge in [0.05, 0.1) is 18.8 Å². The number of benzene rings is 2. The maximum absolute atomic E-state index is 12.5. The Kier molecular flexibility index (Phi) is 8.37. The van der Waals surface area contributed by atoms with E-state index in [4.69, 9.17) is 18.5 Å². The van der Waals surface area contributed by atoms with Gasteiger partial charge in [-0.1, -0.05) is 25.1 Å². The van der Waals surface area contributed by atoms with E-state index in [0.29, 0.717) is 12.2 Å². The number of hydrogen-bond donors (Lipinski definition) is 3.